The van der Waals surface area contributed by atoms with Crippen LogP contribution in [0.25, 0.3) is 16.9 Å². The number of benzene rings is 2. The molecule has 0 aliphatic carbocycles. The third-order valence-corrected chi connectivity index (χ3v) is 4.16. The Labute approximate surface area is 151 Å². The number of ether oxygens (including phenoxy) is 1. The van der Waals surface area contributed by atoms with E-state index in [0.717, 1.165) is 0 Å². The molecule has 3 rings (SSSR count). The van der Waals surface area contributed by atoms with Crippen LogP contribution in [-0.4, -0.2) is 21.0 Å². The van der Waals surface area contributed by atoms with Crippen molar-refractivity contribution in [2.24, 2.45) is 0 Å². The van der Waals surface area contributed by atoms with E-state index in [0.29, 0.717) is 32.0 Å². The lowest BCUT2D eigenvalue weighted by molar-refractivity contribution is 0.142. The minimum Gasteiger partial charge on any atom is -0.449 e. The fourth-order valence-electron chi connectivity index (χ4n) is 2.14. The molecular weight excluding hydrogens is 375 g/mol. The van der Waals surface area contributed by atoms with Crippen LogP contribution in [-0.2, 0) is 0 Å². The lowest BCUT2D eigenvalue weighted by atomic mass is 10.1. The fraction of sp³-hybridized carbons (Fsp3) is 0. The highest BCUT2D eigenvalue weighted by atomic mass is 35.5. The van der Waals surface area contributed by atoms with Crippen molar-refractivity contribution >= 4 is 41.0 Å². The predicted molar refractivity (Wildman–Crippen MR) is 92.7 cm³/mol. The zero-order valence-electron chi connectivity index (χ0n) is 11.9. The summed E-state index contributed by atoms with van der Waals surface area (Å²) in [5.41, 5.74) is 1.97. The van der Waals surface area contributed by atoms with Gasteiger partial charge in [0.15, 0.2) is 0 Å². The van der Waals surface area contributed by atoms with E-state index in [1.165, 1.54) is 10.7 Å². The highest BCUT2D eigenvalue weighted by molar-refractivity contribution is 6.42. The first-order valence-electron chi connectivity index (χ1n) is 6.66. The molecule has 0 saturated heterocycles. The van der Waals surface area contributed by atoms with Crippen molar-refractivity contribution in [2.45, 2.75) is 0 Å². The molecule has 0 saturated carbocycles. The summed E-state index contributed by atoms with van der Waals surface area (Å²) in [6.45, 7) is 0. The van der Waals surface area contributed by atoms with Crippen LogP contribution in [0.5, 0.6) is 5.88 Å². The zero-order chi connectivity index (χ0) is 17.3. The van der Waals surface area contributed by atoms with Crippen LogP contribution < -0.4 is 4.74 Å². The van der Waals surface area contributed by atoms with E-state index in [2.05, 4.69) is 9.84 Å². The summed E-state index contributed by atoms with van der Waals surface area (Å²) in [7, 11) is 0. The van der Waals surface area contributed by atoms with Crippen LogP contribution in [0.15, 0.2) is 48.5 Å². The average molecular weight is 384 g/mol. The summed E-state index contributed by atoms with van der Waals surface area (Å²) in [5.74, 6) is -0.0569. The third-order valence-electron chi connectivity index (χ3n) is 3.17. The Balaban J connectivity index is 2.15. The summed E-state index contributed by atoms with van der Waals surface area (Å²) in [6.07, 6.45) is -1.45. The number of aromatic nitrogens is 2. The van der Waals surface area contributed by atoms with E-state index in [9.17, 15) is 4.79 Å². The lowest BCUT2D eigenvalue weighted by Gasteiger charge is -2.08. The van der Waals surface area contributed by atoms with E-state index in [1.54, 1.807) is 42.5 Å². The molecule has 0 fully saturated rings. The summed E-state index contributed by atoms with van der Waals surface area (Å²) in [6, 6.07) is 13.5. The number of rotatable bonds is 3. The van der Waals surface area contributed by atoms with Crippen molar-refractivity contribution in [3.8, 4) is 22.8 Å². The normalized spacial score (nSPS) is 10.6. The molecule has 24 heavy (non-hydrogen) atoms. The Morgan fingerprint density at radius 3 is 2.33 bits per heavy atom. The summed E-state index contributed by atoms with van der Waals surface area (Å²) in [4.78, 5) is 10.8. The molecule has 1 N–H and O–H groups in total. The number of hydrogen-bond acceptors (Lipinski definition) is 3. The minimum absolute atomic E-state index is 0.0569. The summed E-state index contributed by atoms with van der Waals surface area (Å²) in [5, 5.41) is 14.3. The monoisotopic (exact) mass is 382 g/mol. The average Bonchev–Trinajstić information content (AvgIpc) is 2.94. The van der Waals surface area contributed by atoms with Gasteiger partial charge in [0.2, 0.25) is 5.88 Å². The van der Waals surface area contributed by atoms with Gasteiger partial charge in [0.25, 0.3) is 0 Å². The molecule has 122 valence electrons. The predicted octanol–water partition coefficient (Wildman–Crippen LogP) is 5.56. The van der Waals surface area contributed by atoms with Gasteiger partial charge in [-0.25, -0.2) is 9.48 Å². The molecule has 0 spiro atoms. The smallest absolute Gasteiger partial charge is 0.449 e. The minimum atomic E-state index is -1.45. The molecule has 0 atom stereocenters. The Kier molecular flexibility index (Phi) is 4.66. The maximum atomic E-state index is 10.8. The van der Waals surface area contributed by atoms with Gasteiger partial charge in [-0.2, -0.15) is 0 Å². The van der Waals surface area contributed by atoms with E-state index >= 15 is 0 Å². The maximum absolute atomic E-state index is 10.8. The van der Waals surface area contributed by atoms with Crippen LogP contribution in [0.4, 0.5) is 4.79 Å². The van der Waals surface area contributed by atoms with Crippen molar-refractivity contribution in [3.63, 3.8) is 0 Å². The van der Waals surface area contributed by atoms with Crippen molar-refractivity contribution < 1.29 is 14.6 Å². The molecule has 0 aliphatic heterocycles. The van der Waals surface area contributed by atoms with Crippen molar-refractivity contribution in [2.75, 3.05) is 0 Å². The Morgan fingerprint density at radius 2 is 1.71 bits per heavy atom. The topological polar surface area (TPSA) is 64.3 Å². The largest absolute Gasteiger partial charge is 0.512 e. The molecule has 3 aromatic rings. The number of halogens is 3. The maximum Gasteiger partial charge on any atom is 0.512 e. The van der Waals surface area contributed by atoms with E-state index in [-0.39, 0.29) is 5.88 Å². The van der Waals surface area contributed by atoms with Gasteiger partial charge in [-0.3, -0.25) is 0 Å². The van der Waals surface area contributed by atoms with Gasteiger partial charge in [-0.05, 0) is 36.4 Å². The van der Waals surface area contributed by atoms with E-state index in [4.69, 9.17) is 39.9 Å². The number of carbonyl (C=O) groups is 1. The lowest BCUT2D eigenvalue weighted by Crippen LogP contribution is -2.04. The fourth-order valence-corrected chi connectivity index (χ4v) is 2.56. The molecule has 8 heteroatoms. The number of nitrogens with zero attached hydrogens (tertiary/aromatic N) is 2. The SMILES string of the molecule is O=C(O)Oc1cc(-c2ccc(Cl)c(Cl)c2)n(-c2ccc(Cl)cc2)n1. The second kappa shape index (κ2) is 6.73. The van der Waals surface area contributed by atoms with E-state index in [1.807, 2.05) is 0 Å². The summed E-state index contributed by atoms with van der Waals surface area (Å²) >= 11 is 17.9. The number of hydrogen-bond donors (Lipinski definition) is 1. The zero-order valence-corrected chi connectivity index (χ0v) is 14.2. The highest BCUT2D eigenvalue weighted by Crippen LogP contribution is 2.32. The van der Waals surface area contributed by atoms with Crippen molar-refractivity contribution in [1.82, 2.24) is 9.78 Å². The standard InChI is InChI=1S/C16H9Cl3N2O3/c17-10-2-4-11(5-3-10)21-14(8-15(20-21)24-16(22)23)9-1-6-12(18)13(19)7-9/h1-8H,(H,22,23). The van der Waals surface area contributed by atoms with Gasteiger partial charge in [0, 0.05) is 16.7 Å². The molecule has 0 bridgehead atoms. The second-order valence-corrected chi connectivity index (χ2v) is 6.00. The Morgan fingerprint density at radius 1 is 1.00 bits per heavy atom. The van der Waals surface area contributed by atoms with E-state index < -0.39 is 6.16 Å². The molecule has 2 aromatic carbocycles. The van der Waals surface area contributed by atoms with Crippen LogP contribution in [0, 0.1) is 0 Å². The number of carboxylic acid groups (broad SMARTS) is 1. The first-order chi connectivity index (χ1) is 11.4. The Hall–Kier alpha value is -2.21. The van der Waals surface area contributed by atoms with Gasteiger partial charge < -0.3 is 9.84 Å². The van der Waals surface area contributed by atoms with Gasteiger partial charge in [-0.15, -0.1) is 5.10 Å². The summed E-state index contributed by atoms with van der Waals surface area (Å²) < 4.78 is 6.19. The molecule has 0 radical (unpaired) electrons. The van der Waals surface area contributed by atoms with Crippen LogP contribution in [0.2, 0.25) is 15.1 Å². The van der Waals surface area contributed by atoms with Crippen LogP contribution >= 0.6 is 34.8 Å². The molecular formula is C16H9Cl3N2O3. The van der Waals surface area contributed by atoms with Crippen molar-refractivity contribution in [1.29, 1.82) is 0 Å². The first kappa shape index (κ1) is 16.6. The molecule has 1 aromatic heterocycles. The van der Waals surface area contributed by atoms with Crippen molar-refractivity contribution in [3.05, 3.63) is 63.6 Å². The highest BCUT2D eigenvalue weighted by Gasteiger charge is 2.15. The second-order valence-electron chi connectivity index (χ2n) is 4.75. The van der Waals surface area contributed by atoms with Gasteiger partial charge >= 0.3 is 6.16 Å². The Bertz CT molecular complexity index is 907. The quantitative estimate of drug-likeness (QED) is 0.602. The van der Waals surface area contributed by atoms with Gasteiger partial charge in [-0.1, -0.05) is 40.9 Å². The van der Waals surface area contributed by atoms with Crippen LogP contribution in [0.1, 0.15) is 0 Å². The third kappa shape index (κ3) is 3.48. The molecule has 1 heterocycles. The molecule has 5 nitrogen and oxygen atoms in total. The van der Waals surface area contributed by atoms with Gasteiger partial charge in [0.1, 0.15) is 0 Å². The first-order valence-corrected chi connectivity index (χ1v) is 7.79. The molecule has 0 unspecified atom stereocenters. The molecule has 0 aliphatic rings. The van der Waals surface area contributed by atoms with Gasteiger partial charge in [0.05, 0.1) is 21.4 Å². The molecule has 0 amide bonds. The van der Waals surface area contributed by atoms with Crippen LogP contribution in [0.3, 0.4) is 0 Å².